The number of imidazole rings is 2. The third-order valence-corrected chi connectivity index (χ3v) is 8.81. The summed E-state index contributed by atoms with van der Waals surface area (Å²) >= 11 is 0. The minimum Gasteiger partial charge on any atom is -0.347 e. The summed E-state index contributed by atoms with van der Waals surface area (Å²) in [6.07, 6.45) is 5.89. The van der Waals surface area contributed by atoms with E-state index in [9.17, 15) is 18.0 Å². The molecule has 0 aliphatic carbocycles. The molecular weight excluding hydrogens is 555 g/mol. The van der Waals surface area contributed by atoms with Crippen LogP contribution >= 0.6 is 0 Å². The second-order valence-electron chi connectivity index (χ2n) is 11.9. The van der Waals surface area contributed by atoms with Gasteiger partial charge in [-0.3, -0.25) is 14.6 Å². The van der Waals surface area contributed by atoms with Crippen molar-refractivity contribution in [3.8, 4) is 0 Å². The number of hydrogen-bond donors (Lipinski definition) is 2. The smallest absolute Gasteiger partial charge is 0.347 e. The molecule has 2 aromatic heterocycles. The molecule has 0 radical (unpaired) electrons. The quantitative estimate of drug-likeness (QED) is 0.269. The van der Waals surface area contributed by atoms with E-state index in [1.807, 2.05) is 24.3 Å². The van der Waals surface area contributed by atoms with Crippen molar-refractivity contribution >= 4 is 5.91 Å². The highest BCUT2D eigenvalue weighted by atomic mass is 19.4. The Hall–Kier alpha value is -3.96. The number of alkyl halides is 3. The number of aromatic nitrogens is 4. The van der Waals surface area contributed by atoms with Crippen LogP contribution in [-0.4, -0.2) is 66.7 Å². The molecule has 4 heterocycles. The molecule has 4 aromatic rings. The lowest BCUT2D eigenvalue weighted by molar-refractivity contribution is -0.137. The van der Waals surface area contributed by atoms with Gasteiger partial charge >= 0.3 is 6.18 Å². The molecule has 2 N–H and O–H groups in total. The van der Waals surface area contributed by atoms with Crippen molar-refractivity contribution in [1.29, 1.82) is 0 Å². The lowest BCUT2D eigenvalue weighted by Crippen LogP contribution is -2.41. The van der Waals surface area contributed by atoms with Crippen molar-refractivity contribution in [2.75, 3.05) is 26.2 Å². The number of likely N-dealkylation sites (tertiary alicyclic amines) is 2. The Morgan fingerprint density at radius 2 is 1.30 bits per heavy atom. The zero-order chi connectivity index (χ0) is 29.9. The van der Waals surface area contributed by atoms with E-state index in [4.69, 9.17) is 0 Å². The average Bonchev–Trinajstić information content (AvgIpc) is 3.78. The monoisotopic (exact) mass is 591 g/mol. The summed E-state index contributed by atoms with van der Waals surface area (Å²) in [4.78, 5) is 34.7. The van der Waals surface area contributed by atoms with Gasteiger partial charge in [0.25, 0.3) is 5.91 Å². The lowest BCUT2D eigenvalue weighted by Gasteiger charge is -2.39. The number of nitrogens with zero attached hydrogens (tertiary/aromatic N) is 5. The van der Waals surface area contributed by atoms with E-state index in [2.05, 4.69) is 29.7 Å². The van der Waals surface area contributed by atoms with Gasteiger partial charge in [0.2, 0.25) is 0 Å². The van der Waals surface area contributed by atoms with Crippen molar-refractivity contribution in [2.45, 2.75) is 51.6 Å². The largest absolute Gasteiger partial charge is 0.416 e. The maximum Gasteiger partial charge on any atom is 0.416 e. The zero-order valence-corrected chi connectivity index (χ0v) is 24.0. The van der Waals surface area contributed by atoms with Gasteiger partial charge in [-0.1, -0.05) is 24.3 Å². The number of nitrogens with one attached hydrogen (secondary N) is 2. The highest BCUT2D eigenvalue weighted by Gasteiger charge is 2.40. The fraction of sp³-hybridized carbons (Fsp3) is 0.406. The molecule has 0 atom stereocenters. The van der Waals surface area contributed by atoms with Gasteiger partial charge in [0.1, 0.15) is 11.6 Å². The Bertz CT molecular complexity index is 1420. The predicted octanol–water partition coefficient (Wildman–Crippen LogP) is 5.48. The van der Waals surface area contributed by atoms with E-state index in [1.54, 1.807) is 41.8 Å². The number of halogens is 3. The number of aromatic amines is 2. The highest BCUT2D eigenvalue weighted by molar-refractivity contribution is 5.94. The normalized spacial score (nSPS) is 17.5. The van der Waals surface area contributed by atoms with Crippen LogP contribution in [0, 0.1) is 5.41 Å². The van der Waals surface area contributed by atoms with Crippen LogP contribution in [0.4, 0.5) is 13.2 Å². The van der Waals surface area contributed by atoms with Crippen molar-refractivity contribution in [2.24, 2.45) is 5.41 Å². The molecule has 0 bridgehead atoms. The van der Waals surface area contributed by atoms with Crippen LogP contribution in [0.3, 0.4) is 0 Å². The molecule has 43 heavy (non-hydrogen) atoms. The van der Waals surface area contributed by atoms with Gasteiger partial charge in [0.15, 0.2) is 0 Å². The highest BCUT2D eigenvalue weighted by Crippen LogP contribution is 2.41. The van der Waals surface area contributed by atoms with Gasteiger partial charge in [-0.2, -0.15) is 13.2 Å². The zero-order valence-electron chi connectivity index (χ0n) is 24.0. The van der Waals surface area contributed by atoms with Gasteiger partial charge < -0.3 is 14.9 Å². The van der Waals surface area contributed by atoms with Crippen molar-refractivity contribution < 1.29 is 18.0 Å². The standard InChI is InChI=1S/C32H36F3N7O/c33-32(34,35)27-7-3-25(4-8-27)19-40-16-9-31(10-17-40)11-18-41(23-31)20-24-1-5-26(6-2-24)30(43)42(21-28-36-12-13-37-28)22-29-38-14-15-39-29/h1-8,12-15H,9-11,16-23H2,(H,36,37)(H,38,39). The summed E-state index contributed by atoms with van der Waals surface area (Å²) in [5.41, 5.74) is 2.42. The van der Waals surface area contributed by atoms with E-state index in [0.29, 0.717) is 42.3 Å². The Morgan fingerprint density at radius 3 is 1.81 bits per heavy atom. The molecule has 0 unspecified atom stereocenters. The fourth-order valence-electron chi connectivity index (χ4n) is 6.34. The van der Waals surface area contributed by atoms with E-state index in [1.165, 1.54) is 17.7 Å². The lowest BCUT2D eigenvalue weighted by atomic mass is 9.77. The number of piperidine rings is 1. The first-order chi connectivity index (χ1) is 20.7. The van der Waals surface area contributed by atoms with Crippen LogP contribution < -0.4 is 0 Å². The summed E-state index contributed by atoms with van der Waals surface area (Å²) in [6.45, 7) is 6.23. The van der Waals surface area contributed by atoms with E-state index >= 15 is 0 Å². The number of benzene rings is 2. The molecule has 6 rings (SSSR count). The molecule has 2 fully saturated rings. The molecule has 2 aliphatic rings. The van der Waals surface area contributed by atoms with Gasteiger partial charge in [-0.15, -0.1) is 0 Å². The predicted molar refractivity (Wildman–Crippen MR) is 155 cm³/mol. The Morgan fingerprint density at radius 1 is 0.791 bits per heavy atom. The first-order valence-electron chi connectivity index (χ1n) is 14.7. The molecular formula is C32H36F3N7O. The average molecular weight is 592 g/mol. The van der Waals surface area contributed by atoms with Crippen LogP contribution in [0.25, 0.3) is 0 Å². The van der Waals surface area contributed by atoms with Crippen LogP contribution in [0.2, 0.25) is 0 Å². The molecule has 11 heteroatoms. The van der Waals surface area contributed by atoms with Crippen LogP contribution in [0.1, 0.15) is 58.0 Å². The van der Waals surface area contributed by atoms with Crippen LogP contribution in [0.15, 0.2) is 73.3 Å². The Labute approximate surface area is 248 Å². The molecule has 0 saturated carbocycles. The number of rotatable bonds is 9. The molecule has 8 nitrogen and oxygen atoms in total. The minimum atomic E-state index is -4.30. The minimum absolute atomic E-state index is 0.0810. The van der Waals surface area contributed by atoms with Crippen molar-refractivity contribution in [3.63, 3.8) is 0 Å². The summed E-state index contributed by atoms with van der Waals surface area (Å²) in [5, 5.41) is 0. The Balaban J connectivity index is 1.00. The maximum atomic E-state index is 13.4. The second kappa shape index (κ2) is 12.3. The third kappa shape index (κ3) is 7.17. The third-order valence-electron chi connectivity index (χ3n) is 8.81. The van der Waals surface area contributed by atoms with Gasteiger partial charge in [0.05, 0.1) is 18.7 Å². The van der Waals surface area contributed by atoms with Crippen LogP contribution in [-0.2, 0) is 32.4 Å². The number of carbonyl (C=O) groups is 1. The van der Waals surface area contributed by atoms with E-state index in [0.717, 1.165) is 57.5 Å². The van der Waals surface area contributed by atoms with Gasteiger partial charge in [-0.05, 0) is 79.7 Å². The second-order valence-corrected chi connectivity index (χ2v) is 11.9. The summed E-state index contributed by atoms with van der Waals surface area (Å²) in [6, 6.07) is 13.4. The molecule has 226 valence electrons. The topological polar surface area (TPSA) is 84.2 Å². The number of amides is 1. The van der Waals surface area contributed by atoms with Crippen molar-refractivity contribution in [3.05, 3.63) is 107 Å². The van der Waals surface area contributed by atoms with Crippen molar-refractivity contribution in [1.82, 2.24) is 34.6 Å². The molecule has 2 saturated heterocycles. The van der Waals surface area contributed by atoms with Gasteiger partial charge in [-0.25, -0.2) is 9.97 Å². The molecule has 2 aliphatic heterocycles. The first-order valence-corrected chi connectivity index (χ1v) is 14.7. The van der Waals surface area contributed by atoms with Gasteiger partial charge in [0, 0.05) is 50.0 Å². The number of H-pyrrole nitrogens is 2. The van der Waals surface area contributed by atoms with E-state index < -0.39 is 11.7 Å². The SMILES string of the molecule is O=C(c1ccc(CN2CCC3(CCN(Cc4ccc(C(F)(F)F)cc4)CC3)C2)cc1)N(Cc1ncc[nH]1)Cc1ncc[nH]1. The first kappa shape index (κ1) is 29.1. The van der Waals surface area contributed by atoms with Crippen LogP contribution in [0.5, 0.6) is 0 Å². The fourth-order valence-corrected chi connectivity index (χ4v) is 6.34. The summed E-state index contributed by atoms with van der Waals surface area (Å²) < 4.78 is 38.6. The molecule has 2 aromatic carbocycles. The molecule has 1 spiro atoms. The number of hydrogen-bond acceptors (Lipinski definition) is 5. The number of carbonyl (C=O) groups excluding carboxylic acids is 1. The van der Waals surface area contributed by atoms with E-state index in [-0.39, 0.29) is 5.91 Å². The maximum absolute atomic E-state index is 13.4. The Kier molecular flexibility index (Phi) is 8.36. The summed E-state index contributed by atoms with van der Waals surface area (Å²) in [7, 11) is 0. The molecule has 1 amide bonds. The summed E-state index contributed by atoms with van der Waals surface area (Å²) in [5.74, 6) is 1.34.